The van der Waals surface area contributed by atoms with E-state index in [2.05, 4.69) is 15.8 Å². The van der Waals surface area contributed by atoms with Gasteiger partial charge in [-0.1, -0.05) is 17.3 Å². The van der Waals surface area contributed by atoms with Gasteiger partial charge in [0.1, 0.15) is 23.0 Å². The van der Waals surface area contributed by atoms with Gasteiger partial charge in [-0.3, -0.25) is 19.2 Å². The number of methoxy groups -OCH3 is 1. The highest BCUT2D eigenvalue weighted by Crippen LogP contribution is 2.14. The molecule has 1 heterocycles. The van der Waals surface area contributed by atoms with Crippen LogP contribution in [0, 0.1) is 13.8 Å². The molecular weight excluding hydrogens is 482 g/mol. The maximum absolute atomic E-state index is 12.6. The number of hydrogen-bond donors (Lipinski definition) is 2. The Morgan fingerprint density at radius 2 is 1.78 bits per heavy atom. The maximum atomic E-state index is 12.6. The van der Waals surface area contributed by atoms with Crippen molar-refractivity contribution in [3.8, 4) is 0 Å². The van der Waals surface area contributed by atoms with Crippen LogP contribution in [0.1, 0.15) is 71.3 Å². The molecule has 0 saturated heterocycles. The fourth-order valence-electron chi connectivity index (χ4n) is 3.47. The molecule has 0 fully saturated rings. The van der Waals surface area contributed by atoms with Crippen molar-refractivity contribution in [2.45, 2.75) is 65.5 Å². The molecule has 37 heavy (non-hydrogen) atoms. The summed E-state index contributed by atoms with van der Waals surface area (Å²) < 4.78 is 15.0. The fourth-order valence-corrected chi connectivity index (χ4v) is 3.47. The van der Waals surface area contributed by atoms with Crippen molar-refractivity contribution in [1.82, 2.24) is 15.8 Å². The normalized spacial score (nSPS) is 11.8. The summed E-state index contributed by atoms with van der Waals surface area (Å²) >= 11 is 0. The predicted octanol–water partition coefficient (Wildman–Crippen LogP) is 2.23. The first kappa shape index (κ1) is 29.2. The molecule has 0 aliphatic heterocycles. The summed E-state index contributed by atoms with van der Waals surface area (Å²) in [6.45, 7) is 8.20. The Kier molecular flexibility index (Phi) is 10.1. The molecule has 2 N–H and O–H groups in total. The van der Waals surface area contributed by atoms with E-state index in [-0.39, 0.29) is 42.7 Å². The minimum absolute atomic E-state index is 0.00584. The highest BCUT2D eigenvalue weighted by molar-refractivity contribution is 5.99. The molecule has 2 rings (SSSR count). The largest absolute Gasteiger partial charge is 0.467 e. The van der Waals surface area contributed by atoms with E-state index in [1.54, 1.807) is 58.9 Å². The highest BCUT2D eigenvalue weighted by Gasteiger charge is 2.26. The lowest BCUT2D eigenvalue weighted by Gasteiger charge is -2.19. The summed E-state index contributed by atoms with van der Waals surface area (Å²) in [5, 5.41) is 8.79. The number of hydrogen-bond acceptors (Lipinski definition) is 9. The van der Waals surface area contributed by atoms with E-state index in [1.165, 1.54) is 7.11 Å². The van der Waals surface area contributed by atoms with Gasteiger partial charge in [-0.2, -0.15) is 0 Å². The number of aryl methyl sites for hydroxylation is 2. The molecule has 0 bridgehead atoms. The molecular formula is C26H33N3O8. The number of Topliss-reactive ketones (excluding diaryl/α,β-unsaturated/α-hetero) is 1. The Labute approximate surface area is 215 Å². The van der Waals surface area contributed by atoms with Crippen molar-refractivity contribution in [2.24, 2.45) is 0 Å². The summed E-state index contributed by atoms with van der Waals surface area (Å²) in [5.41, 5.74) is 0.848. The van der Waals surface area contributed by atoms with Crippen LogP contribution >= 0.6 is 0 Å². The lowest BCUT2D eigenvalue weighted by molar-refractivity contribution is -0.154. The number of esters is 2. The topological polar surface area (TPSA) is 154 Å². The molecule has 1 aromatic heterocycles. The van der Waals surface area contributed by atoms with E-state index in [9.17, 15) is 24.0 Å². The van der Waals surface area contributed by atoms with Gasteiger partial charge in [-0.05, 0) is 58.7 Å². The molecule has 2 amide bonds. The SMILES string of the molecule is COC(=O)[C@H](CCC(=O)CNC(=O)c1cccc(CC(=O)OC(C)(C)C)c1)NC(=O)c1c(C)noc1C. The van der Waals surface area contributed by atoms with Crippen LogP contribution in [0.3, 0.4) is 0 Å². The Hall–Kier alpha value is -4.02. The zero-order valence-corrected chi connectivity index (χ0v) is 21.9. The number of aromatic nitrogens is 1. The Bertz CT molecular complexity index is 1140. The summed E-state index contributed by atoms with van der Waals surface area (Å²) in [4.78, 5) is 61.7. The second-order valence-corrected chi connectivity index (χ2v) is 9.47. The Morgan fingerprint density at radius 3 is 2.38 bits per heavy atom. The van der Waals surface area contributed by atoms with Crippen LogP contribution in [-0.2, 0) is 30.3 Å². The van der Waals surface area contributed by atoms with Gasteiger partial charge in [0.2, 0.25) is 0 Å². The lowest BCUT2D eigenvalue weighted by atomic mass is 10.1. The molecule has 1 aromatic carbocycles. The molecule has 11 heteroatoms. The van der Waals surface area contributed by atoms with Crippen LogP contribution in [0.15, 0.2) is 28.8 Å². The molecule has 1 atom stereocenters. The average Bonchev–Trinajstić information content (AvgIpc) is 3.16. The Morgan fingerprint density at radius 1 is 1.08 bits per heavy atom. The summed E-state index contributed by atoms with van der Waals surface area (Å²) in [6.07, 6.45) is -0.117. The zero-order valence-electron chi connectivity index (χ0n) is 21.9. The minimum Gasteiger partial charge on any atom is -0.467 e. The van der Waals surface area contributed by atoms with Gasteiger partial charge in [0, 0.05) is 12.0 Å². The number of ketones is 1. The van der Waals surface area contributed by atoms with Gasteiger partial charge < -0.3 is 24.6 Å². The van der Waals surface area contributed by atoms with E-state index in [0.29, 0.717) is 17.0 Å². The molecule has 0 radical (unpaired) electrons. The van der Waals surface area contributed by atoms with Crippen molar-refractivity contribution >= 4 is 29.5 Å². The molecule has 0 aliphatic carbocycles. The van der Waals surface area contributed by atoms with Crippen LogP contribution in [0.4, 0.5) is 0 Å². The first-order chi connectivity index (χ1) is 17.3. The van der Waals surface area contributed by atoms with Crippen LogP contribution in [0.25, 0.3) is 0 Å². The summed E-state index contributed by atoms with van der Waals surface area (Å²) in [5.74, 6) is -2.24. The highest BCUT2D eigenvalue weighted by atomic mass is 16.6. The second-order valence-electron chi connectivity index (χ2n) is 9.47. The predicted molar refractivity (Wildman–Crippen MR) is 132 cm³/mol. The fraction of sp³-hybridized carbons (Fsp3) is 0.462. The Balaban J connectivity index is 1.90. The van der Waals surface area contributed by atoms with Gasteiger partial charge in [0.25, 0.3) is 11.8 Å². The van der Waals surface area contributed by atoms with Crippen LogP contribution in [0.5, 0.6) is 0 Å². The average molecular weight is 516 g/mol. The van der Waals surface area contributed by atoms with Gasteiger partial charge in [-0.15, -0.1) is 0 Å². The number of benzene rings is 1. The van der Waals surface area contributed by atoms with Crippen molar-refractivity contribution in [1.29, 1.82) is 0 Å². The van der Waals surface area contributed by atoms with Crippen LogP contribution < -0.4 is 10.6 Å². The van der Waals surface area contributed by atoms with E-state index in [4.69, 9.17) is 14.0 Å². The van der Waals surface area contributed by atoms with Gasteiger partial charge in [0.05, 0.1) is 25.8 Å². The molecule has 200 valence electrons. The van der Waals surface area contributed by atoms with Crippen LogP contribution in [0.2, 0.25) is 0 Å². The molecule has 0 saturated carbocycles. The van der Waals surface area contributed by atoms with E-state index in [0.717, 1.165) is 0 Å². The van der Waals surface area contributed by atoms with E-state index < -0.39 is 35.4 Å². The molecule has 0 spiro atoms. The smallest absolute Gasteiger partial charge is 0.328 e. The van der Waals surface area contributed by atoms with Gasteiger partial charge >= 0.3 is 11.9 Å². The molecule has 0 unspecified atom stereocenters. The van der Waals surface area contributed by atoms with E-state index >= 15 is 0 Å². The first-order valence-electron chi connectivity index (χ1n) is 11.7. The second kappa shape index (κ2) is 12.8. The number of nitrogens with one attached hydrogen (secondary N) is 2. The monoisotopic (exact) mass is 515 g/mol. The molecule has 11 nitrogen and oxygen atoms in total. The van der Waals surface area contributed by atoms with Crippen molar-refractivity contribution in [3.05, 3.63) is 52.4 Å². The first-order valence-corrected chi connectivity index (χ1v) is 11.7. The van der Waals surface area contributed by atoms with Crippen molar-refractivity contribution < 1.29 is 38.0 Å². The maximum Gasteiger partial charge on any atom is 0.328 e. The molecule has 2 aromatic rings. The summed E-state index contributed by atoms with van der Waals surface area (Å²) in [7, 11) is 1.18. The number of amides is 2. The number of carbonyl (C=O) groups excluding carboxylic acids is 5. The van der Waals surface area contributed by atoms with Gasteiger partial charge in [-0.25, -0.2) is 4.79 Å². The quantitative estimate of drug-likeness (QED) is 0.429. The number of rotatable bonds is 11. The number of nitrogens with zero attached hydrogens (tertiary/aromatic N) is 1. The standard InChI is InChI=1S/C26H33N3O8/c1-15-22(16(2)37-29-15)24(33)28-20(25(34)35-6)11-10-19(30)14-27-23(32)18-9-7-8-17(12-18)13-21(31)36-26(3,4)5/h7-9,12,20H,10-11,13-14H2,1-6H3,(H,27,32)(H,28,33)/t20-/m0/s1. The van der Waals surface area contributed by atoms with E-state index in [1.807, 2.05) is 0 Å². The van der Waals surface area contributed by atoms with Gasteiger partial charge in [0.15, 0.2) is 5.78 Å². The van der Waals surface area contributed by atoms with Crippen molar-refractivity contribution in [2.75, 3.05) is 13.7 Å². The third-order valence-corrected chi connectivity index (χ3v) is 5.17. The van der Waals surface area contributed by atoms with Crippen molar-refractivity contribution in [3.63, 3.8) is 0 Å². The third kappa shape index (κ3) is 9.17. The number of carbonyl (C=O) groups is 5. The minimum atomic E-state index is -1.07. The summed E-state index contributed by atoms with van der Waals surface area (Å²) in [6, 6.07) is 5.39. The zero-order chi connectivity index (χ0) is 27.8. The number of ether oxygens (including phenoxy) is 2. The third-order valence-electron chi connectivity index (χ3n) is 5.17. The lowest BCUT2D eigenvalue weighted by Crippen LogP contribution is -2.42. The molecule has 0 aliphatic rings. The van der Waals surface area contributed by atoms with Crippen LogP contribution in [-0.4, -0.2) is 60.0 Å².